The van der Waals surface area contributed by atoms with E-state index in [9.17, 15) is 0 Å². The van der Waals surface area contributed by atoms with Gasteiger partial charge in [0.2, 0.25) is 0 Å². The average Bonchev–Trinajstić information content (AvgIpc) is 3.28. The lowest BCUT2D eigenvalue weighted by Crippen LogP contribution is -2.19. The summed E-state index contributed by atoms with van der Waals surface area (Å²) in [5.74, 6) is 1.71. The summed E-state index contributed by atoms with van der Waals surface area (Å²) < 4.78 is 2.41. The summed E-state index contributed by atoms with van der Waals surface area (Å²) in [6.45, 7) is 11.1. The van der Waals surface area contributed by atoms with Crippen molar-refractivity contribution >= 4 is 5.70 Å². The topological polar surface area (TPSA) is 17.8 Å². The van der Waals surface area contributed by atoms with E-state index in [1.54, 1.807) is 0 Å². The van der Waals surface area contributed by atoms with Crippen LogP contribution in [0.15, 0.2) is 78.5 Å². The second-order valence-electron chi connectivity index (χ2n) is 9.49. The molecule has 2 aliphatic rings. The van der Waals surface area contributed by atoms with E-state index < -0.39 is 0 Å². The van der Waals surface area contributed by atoms with E-state index in [-0.39, 0.29) is 5.41 Å². The van der Waals surface area contributed by atoms with Gasteiger partial charge in [0.1, 0.15) is 5.82 Å². The predicted octanol–water partition coefficient (Wildman–Crippen LogP) is 6.63. The van der Waals surface area contributed by atoms with Gasteiger partial charge in [-0.3, -0.25) is 4.57 Å². The van der Waals surface area contributed by atoms with Crippen molar-refractivity contribution in [2.24, 2.45) is 5.92 Å². The molecule has 0 spiro atoms. The predicted molar refractivity (Wildman–Crippen MR) is 121 cm³/mol. The number of aromatic nitrogens is 2. The Kier molecular flexibility index (Phi) is 4.13. The lowest BCUT2D eigenvalue weighted by molar-refractivity contribution is 0.589. The molecular weight excluding hydrogens is 352 g/mol. The van der Waals surface area contributed by atoms with E-state index >= 15 is 0 Å². The number of hydrogen-bond donors (Lipinski definition) is 0. The van der Waals surface area contributed by atoms with Gasteiger partial charge in [-0.05, 0) is 40.9 Å². The minimum atomic E-state index is 0.155. The van der Waals surface area contributed by atoms with Gasteiger partial charge in [-0.1, -0.05) is 87.5 Å². The molecule has 2 heterocycles. The average molecular weight is 381 g/mol. The Bertz CT molecular complexity index is 1110. The second kappa shape index (κ2) is 6.59. The Morgan fingerprint density at radius 1 is 0.931 bits per heavy atom. The summed E-state index contributed by atoms with van der Waals surface area (Å²) in [4.78, 5) is 4.85. The van der Waals surface area contributed by atoms with Crippen molar-refractivity contribution in [1.29, 1.82) is 0 Å². The third-order valence-electron chi connectivity index (χ3n) is 6.35. The highest BCUT2D eigenvalue weighted by Gasteiger charge is 2.35. The van der Waals surface area contributed by atoms with Crippen LogP contribution in [0.3, 0.4) is 0 Å². The summed E-state index contributed by atoms with van der Waals surface area (Å²) in [7, 11) is 0. The smallest absolute Gasteiger partial charge is 0.114 e. The maximum atomic E-state index is 4.85. The van der Waals surface area contributed by atoms with Gasteiger partial charge in [0, 0.05) is 12.0 Å². The Hall–Kier alpha value is -2.87. The second-order valence-corrected chi connectivity index (χ2v) is 9.49. The van der Waals surface area contributed by atoms with Crippen LogP contribution >= 0.6 is 0 Å². The van der Waals surface area contributed by atoms with Crippen LogP contribution in [0.1, 0.15) is 50.6 Å². The quantitative estimate of drug-likeness (QED) is 0.456. The van der Waals surface area contributed by atoms with Gasteiger partial charge in [0.15, 0.2) is 0 Å². The van der Waals surface area contributed by atoms with Crippen LogP contribution in [0.4, 0.5) is 0 Å². The maximum Gasteiger partial charge on any atom is 0.114 e. The van der Waals surface area contributed by atoms with Gasteiger partial charge in [-0.25, -0.2) is 4.98 Å². The van der Waals surface area contributed by atoms with Crippen LogP contribution < -0.4 is 0 Å². The lowest BCUT2D eigenvalue weighted by Gasteiger charge is -2.28. The highest BCUT2D eigenvalue weighted by atomic mass is 15.1. The molecular formula is C27H28N2. The summed E-state index contributed by atoms with van der Waals surface area (Å²) in [6.07, 6.45) is 5.15. The number of hydrogen-bond acceptors (Lipinski definition) is 1. The van der Waals surface area contributed by atoms with Crippen molar-refractivity contribution in [2.45, 2.75) is 45.4 Å². The van der Waals surface area contributed by atoms with Crippen molar-refractivity contribution in [2.75, 3.05) is 0 Å². The summed E-state index contributed by atoms with van der Waals surface area (Å²) in [6, 6.07) is 19.8. The van der Waals surface area contributed by atoms with E-state index in [0.29, 0.717) is 5.92 Å². The summed E-state index contributed by atoms with van der Waals surface area (Å²) in [5.41, 5.74) is 9.40. The molecule has 1 atom stereocenters. The number of benzene rings is 2. The van der Waals surface area contributed by atoms with Gasteiger partial charge >= 0.3 is 0 Å². The third kappa shape index (κ3) is 3.07. The first kappa shape index (κ1) is 18.2. The lowest BCUT2D eigenvalue weighted by atomic mass is 9.85. The zero-order valence-electron chi connectivity index (χ0n) is 17.6. The first-order valence-electron chi connectivity index (χ1n) is 10.5. The molecule has 1 fully saturated rings. The molecule has 0 saturated heterocycles. The monoisotopic (exact) mass is 380 g/mol. The molecule has 2 aromatic carbocycles. The molecule has 1 unspecified atom stereocenters. The van der Waals surface area contributed by atoms with Gasteiger partial charge in [0.25, 0.3) is 0 Å². The molecule has 0 N–H and O–H groups in total. The summed E-state index contributed by atoms with van der Waals surface area (Å²) in [5, 5.41) is 0. The fourth-order valence-corrected chi connectivity index (χ4v) is 4.83. The fraction of sp³-hybridized carbons (Fsp3) is 0.296. The van der Waals surface area contributed by atoms with E-state index in [0.717, 1.165) is 19.3 Å². The first-order chi connectivity index (χ1) is 13.9. The van der Waals surface area contributed by atoms with Crippen LogP contribution in [0, 0.1) is 5.92 Å². The molecule has 3 aromatic rings. The van der Waals surface area contributed by atoms with Crippen molar-refractivity contribution < 1.29 is 0 Å². The Labute approximate surface area is 173 Å². The number of imidazole rings is 1. The molecule has 2 nitrogen and oxygen atoms in total. The fourth-order valence-electron chi connectivity index (χ4n) is 4.83. The molecule has 0 bridgehead atoms. The molecule has 1 aliphatic carbocycles. The molecule has 1 aliphatic heterocycles. The molecule has 146 valence electrons. The largest absolute Gasteiger partial charge is 0.296 e. The summed E-state index contributed by atoms with van der Waals surface area (Å²) >= 11 is 0. The zero-order chi connectivity index (χ0) is 20.2. The van der Waals surface area contributed by atoms with E-state index in [1.165, 1.54) is 45.1 Å². The number of nitrogens with zero attached hydrogens (tertiary/aromatic N) is 2. The van der Waals surface area contributed by atoms with Gasteiger partial charge < -0.3 is 0 Å². The van der Waals surface area contributed by atoms with Gasteiger partial charge in [0.05, 0.1) is 17.6 Å². The number of rotatable bonds is 2. The minimum absolute atomic E-state index is 0.155. The van der Waals surface area contributed by atoms with Crippen molar-refractivity contribution in [3.63, 3.8) is 0 Å². The van der Waals surface area contributed by atoms with Crippen LogP contribution in [-0.4, -0.2) is 9.55 Å². The maximum absolute atomic E-state index is 4.85. The molecule has 29 heavy (non-hydrogen) atoms. The van der Waals surface area contributed by atoms with Crippen molar-refractivity contribution in [1.82, 2.24) is 9.55 Å². The van der Waals surface area contributed by atoms with Crippen LogP contribution in [-0.2, 0) is 11.8 Å². The number of allylic oxidation sites excluding steroid dienone is 2. The molecule has 0 amide bonds. The molecule has 1 saturated carbocycles. The molecule has 1 aromatic heterocycles. The standard InChI is InChI=1S/C27H28N2/c1-18-14-21-16-25-28-17-24(19-8-6-5-7-9-19)29(25)26(23(21)15-18)20-10-12-22(13-11-20)27(2,3)4/h5-13,17,21H,1,14-16H2,2-4H3. The SMILES string of the molecule is C=C1CC2=C(c3ccc(C(C)(C)C)cc3)n3c(-c4ccccc4)cnc3CC2C1. The van der Waals surface area contributed by atoms with Gasteiger partial charge in [-0.2, -0.15) is 0 Å². The first-order valence-corrected chi connectivity index (χ1v) is 10.5. The van der Waals surface area contributed by atoms with E-state index in [4.69, 9.17) is 4.98 Å². The van der Waals surface area contributed by atoms with Crippen LogP contribution in [0.5, 0.6) is 0 Å². The van der Waals surface area contributed by atoms with Gasteiger partial charge in [-0.15, -0.1) is 0 Å². The third-order valence-corrected chi connectivity index (χ3v) is 6.35. The normalized spacial score (nSPS) is 18.7. The Balaban J connectivity index is 1.71. The molecule has 5 rings (SSSR count). The highest BCUT2D eigenvalue weighted by molar-refractivity contribution is 5.78. The van der Waals surface area contributed by atoms with Crippen LogP contribution in [0.2, 0.25) is 0 Å². The van der Waals surface area contributed by atoms with E-state index in [2.05, 4.69) is 86.5 Å². The Morgan fingerprint density at radius 2 is 1.66 bits per heavy atom. The van der Waals surface area contributed by atoms with E-state index in [1.807, 2.05) is 6.20 Å². The van der Waals surface area contributed by atoms with Crippen LogP contribution in [0.25, 0.3) is 17.0 Å². The number of fused-ring (bicyclic) bond motifs is 2. The molecule has 0 radical (unpaired) electrons. The highest BCUT2D eigenvalue weighted by Crippen LogP contribution is 2.46. The van der Waals surface area contributed by atoms with Crippen molar-refractivity contribution in [3.05, 3.63) is 95.5 Å². The zero-order valence-corrected chi connectivity index (χ0v) is 17.6. The van der Waals surface area contributed by atoms with Crippen molar-refractivity contribution in [3.8, 4) is 11.3 Å². The minimum Gasteiger partial charge on any atom is -0.296 e. The Morgan fingerprint density at radius 3 is 2.34 bits per heavy atom. The molecule has 2 heteroatoms.